The highest BCUT2D eigenvalue weighted by Crippen LogP contribution is 2.42. The lowest BCUT2D eigenvalue weighted by molar-refractivity contribution is -0.132. The normalized spacial score (nSPS) is 18.6. The van der Waals surface area contributed by atoms with Crippen LogP contribution < -0.4 is 4.90 Å². The average molecular weight is 394 g/mol. The molecule has 1 fully saturated rings. The van der Waals surface area contributed by atoms with Gasteiger partial charge in [0.1, 0.15) is 11.6 Å². The summed E-state index contributed by atoms with van der Waals surface area (Å²) < 4.78 is 13.4. The van der Waals surface area contributed by atoms with E-state index in [9.17, 15) is 19.1 Å². The molecule has 7 heteroatoms. The number of amides is 1. The standard InChI is InChI=1S/C21H15FN2O3S/c1-12-2-4-14(5-3-12)18(25)16-17(13-6-8-15(22)9-7-13)24(20(27)19(16)26)21-23-10-11-28-21/h2-11,17,25H,1H3/t17-/m0/s1. The maximum absolute atomic E-state index is 13.4. The molecule has 140 valence electrons. The van der Waals surface area contributed by atoms with Crippen LogP contribution in [0.25, 0.3) is 5.76 Å². The summed E-state index contributed by atoms with van der Waals surface area (Å²) in [6, 6.07) is 11.6. The molecule has 1 aromatic heterocycles. The summed E-state index contributed by atoms with van der Waals surface area (Å²) in [5, 5.41) is 12.9. The van der Waals surface area contributed by atoms with E-state index in [0.717, 1.165) is 5.56 Å². The summed E-state index contributed by atoms with van der Waals surface area (Å²) in [5.74, 6) is -2.29. The molecular formula is C21H15FN2O3S. The van der Waals surface area contributed by atoms with Gasteiger partial charge in [0, 0.05) is 17.1 Å². The van der Waals surface area contributed by atoms with Gasteiger partial charge in [-0.15, -0.1) is 11.3 Å². The first-order valence-electron chi connectivity index (χ1n) is 8.50. The third-order valence-electron chi connectivity index (χ3n) is 4.58. The molecule has 28 heavy (non-hydrogen) atoms. The minimum atomic E-state index is -0.895. The molecule has 2 aromatic carbocycles. The number of aliphatic hydroxyl groups is 1. The Kier molecular flexibility index (Phi) is 4.52. The van der Waals surface area contributed by atoms with Gasteiger partial charge in [0.15, 0.2) is 5.13 Å². The van der Waals surface area contributed by atoms with E-state index in [-0.39, 0.29) is 11.3 Å². The largest absolute Gasteiger partial charge is 0.507 e. The molecule has 0 aliphatic carbocycles. The molecule has 0 spiro atoms. The number of aliphatic hydroxyl groups excluding tert-OH is 1. The third-order valence-corrected chi connectivity index (χ3v) is 5.35. The van der Waals surface area contributed by atoms with Crippen LogP contribution in [0, 0.1) is 12.7 Å². The SMILES string of the molecule is Cc1ccc(C(O)=C2C(=O)C(=O)N(c3nccs3)[C@H]2c2ccc(F)cc2)cc1. The van der Waals surface area contributed by atoms with Crippen molar-refractivity contribution in [2.75, 3.05) is 4.90 Å². The average Bonchev–Trinajstić information content (AvgIpc) is 3.30. The molecule has 1 N–H and O–H groups in total. The van der Waals surface area contributed by atoms with Crippen LogP contribution in [0.1, 0.15) is 22.7 Å². The number of carbonyl (C=O) groups is 2. The lowest BCUT2D eigenvalue weighted by Crippen LogP contribution is -2.29. The lowest BCUT2D eigenvalue weighted by Gasteiger charge is -2.22. The zero-order valence-corrected chi connectivity index (χ0v) is 15.6. The van der Waals surface area contributed by atoms with Crippen LogP contribution in [0.15, 0.2) is 65.7 Å². The van der Waals surface area contributed by atoms with E-state index in [0.29, 0.717) is 16.3 Å². The van der Waals surface area contributed by atoms with Gasteiger partial charge in [0.2, 0.25) is 0 Å². The van der Waals surface area contributed by atoms with Gasteiger partial charge < -0.3 is 5.11 Å². The maximum atomic E-state index is 13.4. The molecule has 1 aliphatic rings. The van der Waals surface area contributed by atoms with Crippen LogP contribution >= 0.6 is 11.3 Å². The van der Waals surface area contributed by atoms with Crippen LogP contribution in [-0.4, -0.2) is 21.8 Å². The van der Waals surface area contributed by atoms with Crippen LogP contribution in [0.5, 0.6) is 0 Å². The zero-order chi connectivity index (χ0) is 19.8. The number of Topliss-reactive ketones (excluding diaryl/α,β-unsaturated/α-hetero) is 1. The molecule has 0 unspecified atom stereocenters. The molecule has 3 aromatic rings. The Morgan fingerprint density at radius 2 is 1.79 bits per heavy atom. The van der Waals surface area contributed by atoms with Crippen molar-refractivity contribution >= 4 is 33.9 Å². The van der Waals surface area contributed by atoms with E-state index in [1.807, 2.05) is 6.92 Å². The van der Waals surface area contributed by atoms with Crippen molar-refractivity contribution in [3.63, 3.8) is 0 Å². The minimum Gasteiger partial charge on any atom is -0.507 e. The van der Waals surface area contributed by atoms with Crippen molar-refractivity contribution in [2.45, 2.75) is 13.0 Å². The van der Waals surface area contributed by atoms with Gasteiger partial charge >= 0.3 is 5.91 Å². The van der Waals surface area contributed by atoms with E-state index in [1.165, 1.54) is 46.7 Å². The van der Waals surface area contributed by atoms with Crippen LogP contribution in [0.4, 0.5) is 9.52 Å². The molecule has 0 saturated carbocycles. The molecule has 5 nitrogen and oxygen atoms in total. The number of ketones is 1. The van der Waals surface area contributed by atoms with E-state index < -0.39 is 23.5 Å². The van der Waals surface area contributed by atoms with Gasteiger partial charge in [-0.05, 0) is 24.6 Å². The van der Waals surface area contributed by atoms with Gasteiger partial charge in [-0.25, -0.2) is 9.37 Å². The smallest absolute Gasteiger partial charge is 0.301 e. The summed E-state index contributed by atoms with van der Waals surface area (Å²) in [5.41, 5.74) is 1.88. The number of anilines is 1. The van der Waals surface area contributed by atoms with Crippen molar-refractivity contribution < 1.29 is 19.1 Å². The second kappa shape index (κ2) is 7.01. The fourth-order valence-electron chi connectivity index (χ4n) is 3.19. The number of aromatic nitrogens is 1. The predicted octanol–water partition coefficient (Wildman–Crippen LogP) is 4.22. The van der Waals surface area contributed by atoms with E-state index in [2.05, 4.69) is 4.98 Å². The van der Waals surface area contributed by atoms with Crippen molar-refractivity contribution in [3.8, 4) is 0 Å². The lowest BCUT2D eigenvalue weighted by atomic mass is 9.95. The van der Waals surface area contributed by atoms with Crippen LogP contribution in [-0.2, 0) is 9.59 Å². The number of hydrogen-bond donors (Lipinski definition) is 1. The molecule has 0 radical (unpaired) electrons. The Morgan fingerprint density at radius 1 is 1.11 bits per heavy atom. The van der Waals surface area contributed by atoms with Gasteiger partial charge in [-0.1, -0.05) is 42.0 Å². The quantitative estimate of drug-likeness (QED) is 0.410. The molecule has 1 aliphatic heterocycles. The monoisotopic (exact) mass is 394 g/mol. The molecule has 0 bridgehead atoms. The summed E-state index contributed by atoms with van der Waals surface area (Å²) in [6.07, 6.45) is 1.53. The first kappa shape index (κ1) is 18.1. The van der Waals surface area contributed by atoms with E-state index in [4.69, 9.17) is 0 Å². The number of benzene rings is 2. The summed E-state index contributed by atoms with van der Waals surface area (Å²) >= 11 is 1.20. The van der Waals surface area contributed by atoms with Gasteiger partial charge in [0.05, 0.1) is 11.6 Å². The molecule has 1 saturated heterocycles. The molecular weight excluding hydrogens is 379 g/mol. The highest BCUT2D eigenvalue weighted by atomic mass is 32.1. The molecule has 4 rings (SSSR count). The van der Waals surface area contributed by atoms with Gasteiger partial charge in [-0.3, -0.25) is 14.5 Å². The Morgan fingerprint density at radius 3 is 2.39 bits per heavy atom. The highest BCUT2D eigenvalue weighted by Gasteiger charge is 2.47. The topological polar surface area (TPSA) is 70.5 Å². The van der Waals surface area contributed by atoms with Crippen LogP contribution in [0.2, 0.25) is 0 Å². The number of thiazole rings is 1. The van der Waals surface area contributed by atoms with E-state index in [1.54, 1.807) is 29.6 Å². The summed E-state index contributed by atoms with van der Waals surface area (Å²) in [4.78, 5) is 31.0. The summed E-state index contributed by atoms with van der Waals surface area (Å²) in [7, 11) is 0. The second-order valence-corrected chi connectivity index (χ2v) is 7.27. The number of carbonyl (C=O) groups excluding carboxylic acids is 2. The fourth-order valence-corrected chi connectivity index (χ4v) is 3.86. The first-order valence-corrected chi connectivity index (χ1v) is 9.38. The minimum absolute atomic E-state index is 0.0457. The Labute approximate surface area is 164 Å². The van der Waals surface area contributed by atoms with E-state index >= 15 is 0 Å². The maximum Gasteiger partial charge on any atom is 0.301 e. The third kappa shape index (κ3) is 2.99. The first-order chi connectivity index (χ1) is 13.5. The number of halogens is 1. The van der Waals surface area contributed by atoms with Crippen molar-refractivity contribution in [1.82, 2.24) is 4.98 Å². The van der Waals surface area contributed by atoms with Gasteiger partial charge in [-0.2, -0.15) is 0 Å². The summed E-state index contributed by atoms with van der Waals surface area (Å²) in [6.45, 7) is 1.91. The number of nitrogens with zero attached hydrogens (tertiary/aromatic N) is 2. The molecule has 2 heterocycles. The Bertz CT molecular complexity index is 1070. The second-order valence-electron chi connectivity index (χ2n) is 6.40. The number of rotatable bonds is 3. The fraction of sp³-hybridized carbons (Fsp3) is 0.0952. The Balaban J connectivity index is 1.93. The number of hydrogen-bond acceptors (Lipinski definition) is 5. The van der Waals surface area contributed by atoms with Crippen molar-refractivity contribution in [2.24, 2.45) is 0 Å². The molecule has 1 atom stereocenters. The number of aryl methyl sites for hydroxylation is 1. The van der Waals surface area contributed by atoms with Crippen molar-refractivity contribution in [1.29, 1.82) is 0 Å². The predicted molar refractivity (Wildman–Crippen MR) is 104 cm³/mol. The molecule has 1 amide bonds. The van der Waals surface area contributed by atoms with Crippen LogP contribution in [0.3, 0.4) is 0 Å². The zero-order valence-electron chi connectivity index (χ0n) is 14.8. The highest BCUT2D eigenvalue weighted by molar-refractivity contribution is 7.14. The van der Waals surface area contributed by atoms with Crippen molar-refractivity contribution in [3.05, 3.63) is 88.2 Å². The Hall–Kier alpha value is -3.32. The van der Waals surface area contributed by atoms with Gasteiger partial charge in [0.25, 0.3) is 5.78 Å².